The predicted octanol–water partition coefficient (Wildman–Crippen LogP) is 6.21. The van der Waals surface area contributed by atoms with Gasteiger partial charge in [-0.3, -0.25) is 4.79 Å². The molecule has 218 valence electrons. The van der Waals surface area contributed by atoms with Crippen LogP contribution in [0, 0.1) is 5.41 Å². The molecule has 1 aromatic heterocycles. The minimum atomic E-state index is -3.37. The summed E-state index contributed by atoms with van der Waals surface area (Å²) in [5, 5.41) is 11.3. The zero-order chi connectivity index (χ0) is 29.4. The largest absolute Gasteiger partial charge is 0.493 e. The first-order valence-corrected chi connectivity index (χ1v) is 16.3. The Balaban J connectivity index is 1.66. The molecule has 2 aliphatic rings. The van der Waals surface area contributed by atoms with Crippen LogP contribution in [0.25, 0.3) is 0 Å². The van der Waals surface area contributed by atoms with Gasteiger partial charge in [0.25, 0.3) is 0 Å². The van der Waals surface area contributed by atoms with Crippen molar-refractivity contribution in [2.75, 3.05) is 18.8 Å². The average Bonchev–Trinajstić information content (AvgIpc) is 3.26. The van der Waals surface area contributed by atoms with E-state index in [2.05, 4.69) is 4.98 Å². The Hall–Kier alpha value is -2.65. The molecule has 5 rings (SSSR count). The predicted molar refractivity (Wildman–Crippen MR) is 162 cm³/mol. The number of carbonyl (C=O) groups is 1. The number of likely N-dealkylation sites (tertiary alicyclic amines) is 1. The van der Waals surface area contributed by atoms with Gasteiger partial charge in [0.1, 0.15) is 0 Å². The number of benzene rings is 2. The molecule has 3 aromatic rings. The number of sulfonamides is 1. The SMILES string of the molecule is CCC(CN1CCCS1(=O)=O)N1C(=O)C(C)(Cc2cccc(O)n2)CC(c2cccc(Cl)c2)C1c1ccc(Cl)cc1. The molecule has 2 aliphatic heterocycles. The maximum atomic E-state index is 14.8. The molecular weight excluding hydrogens is 581 g/mol. The van der Waals surface area contributed by atoms with Gasteiger partial charge in [0.15, 0.2) is 0 Å². The maximum Gasteiger partial charge on any atom is 0.229 e. The zero-order valence-corrected chi connectivity index (χ0v) is 25.5. The standard InChI is InChI=1S/C31H35Cl2N3O4S/c1-3-26(20-35-15-6-16-41(35,39)40)36-29(21-11-13-23(32)14-12-21)27(22-7-4-8-24(33)17-22)19-31(2,30(36)38)18-25-9-5-10-28(37)34-25/h4-5,7-14,17,26-27,29H,3,6,15-16,18-20H2,1-2H3,(H,34,37). The lowest BCUT2D eigenvalue weighted by Crippen LogP contribution is -2.58. The van der Waals surface area contributed by atoms with Gasteiger partial charge >= 0.3 is 0 Å². The molecule has 41 heavy (non-hydrogen) atoms. The van der Waals surface area contributed by atoms with Crippen LogP contribution in [0.4, 0.5) is 0 Å². The molecule has 10 heteroatoms. The van der Waals surface area contributed by atoms with Gasteiger partial charge in [0.05, 0.1) is 17.2 Å². The number of amides is 1. The highest BCUT2D eigenvalue weighted by molar-refractivity contribution is 7.89. The van der Waals surface area contributed by atoms with E-state index in [1.807, 2.05) is 73.3 Å². The van der Waals surface area contributed by atoms with Crippen LogP contribution in [0.2, 0.25) is 10.0 Å². The van der Waals surface area contributed by atoms with Crippen LogP contribution >= 0.6 is 23.2 Å². The van der Waals surface area contributed by atoms with Crippen LogP contribution in [0.3, 0.4) is 0 Å². The van der Waals surface area contributed by atoms with Gasteiger partial charge in [-0.05, 0) is 60.7 Å². The molecule has 4 unspecified atom stereocenters. The van der Waals surface area contributed by atoms with E-state index in [4.69, 9.17) is 23.2 Å². The Labute approximate surface area is 252 Å². The molecule has 3 heterocycles. The highest BCUT2D eigenvalue weighted by atomic mass is 35.5. The summed E-state index contributed by atoms with van der Waals surface area (Å²) in [6.07, 6.45) is 1.98. The van der Waals surface area contributed by atoms with Crippen molar-refractivity contribution in [3.05, 3.63) is 93.6 Å². The molecule has 7 nitrogen and oxygen atoms in total. The third-order valence-electron chi connectivity index (χ3n) is 8.44. The molecule has 0 bridgehead atoms. The number of aromatic hydroxyl groups is 1. The lowest BCUT2D eigenvalue weighted by Gasteiger charge is -2.52. The van der Waals surface area contributed by atoms with Gasteiger partial charge in [-0.15, -0.1) is 0 Å². The van der Waals surface area contributed by atoms with Crippen molar-refractivity contribution in [2.24, 2.45) is 5.41 Å². The third-order valence-corrected chi connectivity index (χ3v) is 10.8. The maximum absolute atomic E-state index is 14.8. The van der Waals surface area contributed by atoms with Crippen molar-refractivity contribution in [1.29, 1.82) is 0 Å². The summed E-state index contributed by atoms with van der Waals surface area (Å²) in [6.45, 7) is 4.63. The quantitative estimate of drug-likeness (QED) is 0.325. The van der Waals surface area contributed by atoms with Gasteiger partial charge < -0.3 is 10.0 Å². The van der Waals surface area contributed by atoms with E-state index in [1.165, 1.54) is 10.4 Å². The van der Waals surface area contributed by atoms with E-state index in [0.29, 0.717) is 48.0 Å². The molecule has 2 aromatic carbocycles. The van der Waals surface area contributed by atoms with Crippen LogP contribution in [0.1, 0.15) is 61.9 Å². The van der Waals surface area contributed by atoms with Gasteiger partial charge in [-0.25, -0.2) is 13.4 Å². The number of hydrogen-bond donors (Lipinski definition) is 1. The summed E-state index contributed by atoms with van der Waals surface area (Å²) in [5.74, 6) is -0.185. The van der Waals surface area contributed by atoms with E-state index in [9.17, 15) is 18.3 Å². The summed E-state index contributed by atoms with van der Waals surface area (Å²) in [4.78, 5) is 21.0. The fraction of sp³-hybridized carbons (Fsp3) is 0.419. The second kappa shape index (κ2) is 11.9. The summed E-state index contributed by atoms with van der Waals surface area (Å²) in [7, 11) is -3.37. The van der Waals surface area contributed by atoms with Gasteiger partial charge in [-0.1, -0.05) is 67.4 Å². The zero-order valence-electron chi connectivity index (χ0n) is 23.2. The number of pyridine rings is 1. The minimum Gasteiger partial charge on any atom is -0.493 e. The molecule has 2 fully saturated rings. The van der Waals surface area contributed by atoms with Gasteiger partial charge in [0, 0.05) is 53.3 Å². The summed E-state index contributed by atoms with van der Waals surface area (Å²) >= 11 is 12.8. The van der Waals surface area contributed by atoms with E-state index in [1.54, 1.807) is 6.07 Å². The fourth-order valence-electron chi connectivity index (χ4n) is 6.46. The second-order valence-electron chi connectivity index (χ2n) is 11.4. The molecule has 4 atom stereocenters. The summed E-state index contributed by atoms with van der Waals surface area (Å²) in [6, 6.07) is 19.6. The lowest BCUT2D eigenvalue weighted by atomic mass is 9.66. The Morgan fingerprint density at radius 2 is 1.78 bits per heavy atom. The molecule has 1 N–H and O–H groups in total. The van der Waals surface area contributed by atoms with Crippen molar-refractivity contribution in [1.82, 2.24) is 14.2 Å². The number of hydrogen-bond acceptors (Lipinski definition) is 5. The van der Waals surface area contributed by atoms with Crippen molar-refractivity contribution in [3.8, 4) is 5.88 Å². The number of piperidine rings is 1. The van der Waals surface area contributed by atoms with Crippen molar-refractivity contribution < 1.29 is 18.3 Å². The van der Waals surface area contributed by atoms with Crippen molar-refractivity contribution in [3.63, 3.8) is 0 Å². The topological polar surface area (TPSA) is 90.8 Å². The smallest absolute Gasteiger partial charge is 0.229 e. The normalized spacial score (nSPS) is 25.4. The molecular formula is C31H35Cl2N3O4S. The number of rotatable bonds is 8. The Bertz CT molecular complexity index is 1520. The van der Waals surface area contributed by atoms with E-state index >= 15 is 0 Å². The van der Waals surface area contributed by atoms with Gasteiger partial charge in [0.2, 0.25) is 21.8 Å². The Morgan fingerprint density at radius 3 is 2.41 bits per heavy atom. The number of carbonyl (C=O) groups excluding carboxylic acids is 1. The number of halogens is 2. The third kappa shape index (κ3) is 6.26. The van der Waals surface area contributed by atoms with E-state index in [-0.39, 0.29) is 42.1 Å². The van der Waals surface area contributed by atoms with E-state index < -0.39 is 15.4 Å². The van der Waals surface area contributed by atoms with Crippen molar-refractivity contribution >= 4 is 39.1 Å². The number of nitrogens with zero attached hydrogens (tertiary/aromatic N) is 3. The fourth-order valence-corrected chi connectivity index (χ4v) is 8.34. The van der Waals surface area contributed by atoms with Crippen LogP contribution < -0.4 is 0 Å². The summed E-state index contributed by atoms with van der Waals surface area (Å²) in [5.41, 5.74) is 1.65. The van der Waals surface area contributed by atoms with Crippen LogP contribution in [0.15, 0.2) is 66.7 Å². The molecule has 2 saturated heterocycles. The Morgan fingerprint density at radius 1 is 1.05 bits per heavy atom. The van der Waals surface area contributed by atoms with Crippen LogP contribution in [0.5, 0.6) is 5.88 Å². The lowest BCUT2D eigenvalue weighted by molar-refractivity contribution is -0.155. The molecule has 0 aliphatic carbocycles. The molecule has 0 radical (unpaired) electrons. The molecule has 0 saturated carbocycles. The first kappa shape index (κ1) is 29.8. The monoisotopic (exact) mass is 615 g/mol. The van der Waals surface area contributed by atoms with Crippen molar-refractivity contribution in [2.45, 2.75) is 57.5 Å². The highest BCUT2D eigenvalue weighted by Gasteiger charge is 2.52. The number of aromatic nitrogens is 1. The first-order valence-electron chi connectivity index (χ1n) is 14.0. The van der Waals surface area contributed by atoms with Gasteiger partial charge in [-0.2, -0.15) is 4.31 Å². The Kier molecular flexibility index (Phi) is 8.67. The van der Waals surface area contributed by atoms with Crippen LogP contribution in [-0.2, 0) is 21.2 Å². The summed E-state index contributed by atoms with van der Waals surface area (Å²) < 4.78 is 27.2. The highest BCUT2D eigenvalue weighted by Crippen LogP contribution is 2.52. The average molecular weight is 617 g/mol. The van der Waals surface area contributed by atoms with E-state index in [0.717, 1.165) is 11.1 Å². The molecule has 1 amide bonds. The van der Waals surface area contributed by atoms with Crippen LogP contribution in [-0.4, -0.2) is 58.5 Å². The first-order chi connectivity index (χ1) is 19.5. The second-order valence-corrected chi connectivity index (χ2v) is 14.3. The molecule has 0 spiro atoms. The minimum absolute atomic E-state index is 0.0654.